The Labute approximate surface area is 112 Å². The number of hydrogen-bond acceptors (Lipinski definition) is 2. The number of nitrogens with two attached hydrogens (primary N) is 1. The third-order valence-electron chi connectivity index (χ3n) is 3.49. The number of anilines is 2. The van der Waals surface area contributed by atoms with Crippen LogP contribution in [0.2, 0.25) is 0 Å². The van der Waals surface area contributed by atoms with E-state index in [2.05, 4.69) is 19.1 Å². The Morgan fingerprint density at radius 3 is 2.79 bits per heavy atom. The number of aryl methyl sites for hydroxylation is 1. The Morgan fingerprint density at radius 2 is 2.00 bits per heavy atom. The molecule has 19 heavy (non-hydrogen) atoms. The van der Waals surface area contributed by atoms with Gasteiger partial charge in [0.1, 0.15) is 0 Å². The Morgan fingerprint density at radius 1 is 1.21 bits per heavy atom. The lowest BCUT2D eigenvalue weighted by atomic mass is 10.1. The number of nitrogens with zero attached hydrogens (tertiary/aromatic N) is 1. The first kappa shape index (κ1) is 11.8. The molecule has 3 rings (SSSR count). The Bertz CT molecular complexity index is 649. The summed E-state index contributed by atoms with van der Waals surface area (Å²) in [5, 5.41) is 0. The molecule has 1 aliphatic heterocycles. The molecule has 0 saturated carbocycles. The van der Waals surface area contributed by atoms with Crippen molar-refractivity contribution in [3.05, 3.63) is 59.2 Å². The van der Waals surface area contributed by atoms with Gasteiger partial charge >= 0.3 is 0 Å². The van der Waals surface area contributed by atoms with Gasteiger partial charge in [-0.15, -0.1) is 0 Å². The maximum atomic E-state index is 12.1. The van der Waals surface area contributed by atoms with E-state index in [1.165, 1.54) is 5.56 Å². The van der Waals surface area contributed by atoms with Gasteiger partial charge in [0.2, 0.25) is 5.91 Å². The van der Waals surface area contributed by atoms with Gasteiger partial charge in [-0.05, 0) is 24.1 Å². The van der Waals surface area contributed by atoms with E-state index in [0.717, 1.165) is 16.8 Å². The van der Waals surface area contributed by atoms with E-state index in [0.29, 0.717) is 18.7 Å². The van der Waals surface area contributed by atoms with E-state index in [1.807, 2.05) is 30.3 Å². The second-order valence-corrected chi connectivity index (χ2v) is 5.00. The predicted molar refractivity (Wildman–Crippen MR) is 76.9 cm³/mol. The van der Waals surface area contributed by atoms with E-state index >= 15 is 0 Å². The van der Waals surface area contributed by atoms with Crippen molar-refractivity contribution in [2.75, 3.05) is 10.6 Å². The van der Waals surface area contributed by atoms with Crippen LogP contribution in [0.5, 0.6) is 0 Å². The van der Waals surface area contributed by atoms with Crippen LogP contribution in [0.15, 0.2) is 42.5 Å². The van der Waals surface area contributed by atoms with Crippen molar-refractivity contribution in [1.29, 1.82) is 0 Å². The maximum absolute atomic E-state index is 12.1. The number of fused-ring (bicyclic) bond motifs is 1. The van der Waals surface area contributed by atoms with Gasteiger partial charge < -0.3 is 10.6 Å². The Balaban J connectivity index is 1.97. The van der Waals surface area contributed by atoms with Crippen LogP contribution in [0.1, 0.15) is 16.7 Å². The lowest BCUT2D eigenvalue weighted by molar-refractivity contribution is -0.117. The SMILES string of the molecule is Cc1cccc(CN2C(=O)Cc3cccc(N)c32)c1. The summed E-state index contributed by atoms with van der Waals surface area (Å²) in [6.07, 6.45) is 0.451. The molecule has 0 atom stereocenters. The number of carbonyl (C=O) groups is 1. The monoisotopic (exact) mass is 252 g/mol. The topological polar surface area (TPSA) is 46.3 Å². The molecule has 0 fully saturated rings. The fraction of sp³-hybridized carbons (Fsp3) is 0.188. The molecule has 1 heterocycles. The van der Waals surface area contributed by atoms with Crippen molar-refractivity contribution in [1.82, 2.24) is 0 Å². The average molecular weight is 252 g/mol. The zero-order valence-electron chi connectivity index (χ0n) is 10.9. The van der Waals surface area contributed by atoms with Gasteiger partial charge in [-0.2, -0.15) is 0 Å². The third-order valence-corrected chi connectivity index (χ3v) is 3.49. The summed E-state index contributed by atoms with van der Waals surface area (Å²) in [5.74, 6) is 0.120. The van der Waals surface area contributed by atoms with E-state index in [1.54, 1.807) is 4.90 Å². The number of benzene rings is 2. The van der Waals surface area contributed by atoms with Crippen LogP contribution in [-0.4, -0.2) is 5.91 Å². The molecular formula is C16H16N2O. The molecule has 0 bridgehead atoms. The minimum absolute atomic E-state index is 0.120. The molecule has 3 heteroatoms. The quantitative estimate of drug-likeness (QED) is 0.835. The van der Waals surface area contributed by atoms with Gasteiger partial charge in [-0.25, -0.2) is 0 Å². The van der Waals surface area contributed by atoms with Crippen LogP contribution in [0, 0.1) is 6.92 Å². The zero-order chi connectivity index (χ0) is 13.4. The van der Waals surface area contributed by atoms with Crippen LogP contribution in [0.4, 0.5) is 11.4 Å². The normalized spacial score (nSPS) is 13.7. The third kappa shape index (κ3) is 2.08. The molecule has 2 N–H and O–H groups in total. The minimum Gasteiger partial charge on any atom is -0.397 e. The molecule has 0 spiro atoms. The van der Waals surface area contributed by atoms with Crippen LogP contribution >= 0.6 is 0 Å². The van der Waals surface area contributed by atoms with Crippen molar-refractivity contribution in [3.8, 4) is 0 Å². The summed E-state index contributed by atoms with van der Waals surface area (Å²) in [6.45, 7) is 2.64. The minimum atomic E-state index is 0.120. The number of carbonyl (C=O) groups excluding carboxylic acids is 1. The van der Waals surface area contributed by atoms with Gasteiger partial charge in [-0.3, -0.25) is 4.79 Å². The zero-order valence-corrected chi connectivity index (χ0v) is 10.9. The van der Waals surface area contributed by atoms with Gasteiger partial charge in [0.15, 0.2) is 0 Å². The van der Waals surface area contributed by atoms with E-state index in [9.17, 15) is 4.79 Å². The summed E-state index contributed by atoms with van der Waals surface area (Å²) in [7, 11) is 0. The maximum Gasteiger partial charge on any atom is 0.231 e. The number of amides is 1. The highest BCUT2D eigenvalue weighted by Gasteiger charge is 2.28. The van der Waals surface area contributed by atoms with Gasteiger partial charge in [-0.1, -0.05) is 42.0 Å². The number of para-hydroxylation sites is 1. The van der Waals surface area contributed by atoms with E-state index < -0.39 is 0 Å². The van der Waals surface area contributed by atoms with Crippen molar-refractivity contribution < 1.29 is 4.79 Å². The molecule has 2 aromatic rings. The molecule has 1 amide bonds. The lowest BCUT2D eigenvalue weighted by Crippen LogP contribution is -2.26. The largest absolute Gasteiger partial charge is 0.397 e. The second kappa shape index (κ2) is 4.43. The van der Waals surface area contributed by atoms with Crippen molar-refractivity contribution in [3.63, 3.8) is 0 Å². The van der Waals surface area contributed by atoms with E-state index in [4.69, 9.17) is 5.73 Å². The number of hydrogen-bond donors (Lipinski definition) is 1. The van der Waals surface area contributed by atoms with Gasteiger partial charge in [0.05, 0.1) is 24.3 Å². The Kier molecular flexibility index (Phi) is 2.75. The highest BCUT2D eigenvalue weighted by molar-refractivity contribution is 6.04. The van der Waals surface area contributed by atoms with Crippen molar-refractivity contribution in [2.24, 2.45) is 0 Å². The van der Waals surface area contributed by atoms with Crippen LogP contribution < -0.4 is 10.6 Å². The van der Waals surface area contributed by atoms with Crippen molar-refractivity contribution >= 4 is 17.3 Å². The summed E-state index contributed by atoms with van der Waals surface area (Å²) < 4.78 is 0. The molecule has 3 nitrogen and oxygen atoms in total. The first-order valence-corrected chi connectivity index (χ1v) is 6.38. The molecule has 0 radical (unpaired) electrons. The predicted octanol–water partition coefficient (Wildman–Crippen LogP) is 2.67. The van der Waals surface area contributed by atoms with Crippen LogP contribution in [0.3, 0.4) is 0 Å². The molecule has 0 saturated heterocycles. The number of nitrogen functional groups attached to an aromatic ring is 1. The fourth-order valence-corrected chi connectivity index (χ4v) is 2.63. The number of rotatable bonds is 2. The van der Waals surface area contributed by atoms with Gasteiger partial charge in [0, 0.05) is 0 Å². The first-order chi connectivity index (χ1) is 9.15. The summed E-state index contributed by atoms with van der Waals surface area (Å²) in [4.78, 5) is 13.9. The average Bonchev–Trinajstić information content (AvgIpc) is 2.67. The first-order valence-electron chi connectivity index (χ1n) is 6.38. The van der Waals surface area contributed by atoms with Gasteiger partial charge in [0.25, 0.3) is 0 Å². The lowest BCUT2D eigenvalue weighted by Gasteiger charge is -2.19. The summed E-state index contributed by atoms with van der Waals surface area (Å²) >= 11 is 0. The molecule has 96 valence electrons. The van der Waals surface area contributed by atoms with Crippen molar-refractivity contribution in [2.45, 2.75) is 19.9 Å². The second-order valence-electron chi connectivity index (χ2n) is 5.00. The molecule has 0 aromatic heterocycles. The standard InChI is InChI=1S/C16H16N2O/c1-11-4-2-5-12(8-11)10-18-15(19)9-13-6-3-7-14(17)16(13)18/h2-8H,9-10,17H2,1H3. The molecule has 1 aliphatic rings. The molecular weight excluding hydrogens is 236 g/mol. The Hall–Kier alpha value is -2.29. The fourth-order valence-electron chi connectivity index (χ4n) is 2.63. The summed E-state index contributed by atoms with van der Waals surface area (Å²) in [6, 6.07) is 13.9. The van der Waals surface area contributed by atoms with Crippen LogP contribution in [-0.2, 0) is 17.8 Å². The highest BCUT2D eigenvalue weighted by Crippen LogP contribution is 2.35. The molecule has 0 unspecified atom stereocenters. The summed E-state index contributed by atoms with van der Waals surface area (Å²) in [5.41, 5.74) is 10.9. The highest BCUT2D eigenvalue weighted by atomic mass is 16.2. The molecule has 0 aliphatic carbocycles. The molecule has 2 aromatic carbocycles. The van der Waals surface area contributed by atoms with Crippen LogP contribution in [0.25, 0.3) is 0 Å². The smallest absolute Gasteiger partial charge is 0.231 e. The van der Waals surface area contributed by atoms with E-state index in [-0.39, 0.29) is 5.91 Å².